The summed E-state index contributed by atoms with van der Waals surface area (Å²) >= 11 is 0. The van der Waals surface area contributed by atoms with Gasteiger partial charge in [-0.3, -0.25) is 9.58 Å². The summed E-state index contributed by atoms with van der Waals surface area (Å²) in [5, 5.41) is 4.31. The molecule has 0 aliphatic carbocycles. The van der Waals surface area contributed by atoms with Crippen LogP contribution in [-0.2, 0) is 13.6 Å². The van der Waals surface area contributed by atoms with Crippen LogP contribution in [-0.4, -0.2) is 21.2 Å². The third kappa shape index (κ3) is 2.56. The van der Waals surface area contributed by atoms with Gasteiger partial charge in [0.05, 0.1) is 6.20 Å². The average molecular weight is 255 g/mol. The van der Waals surface area contributed by atoms with Gasteiger partial charge >= 0.3 is 0 Å². The van der Waals surface area contributed by atoms with Crippen molar-refractivity contribution in [1.82, 2.24) is 14.7 Å². The molecule has 0 radical (unpaired) electrons. The minimum Gasteiger partial charge on any atom is -0.292 e. The Morgan fingerprint density at radius 2 is 2.16 bits per heavy atom. The summed E-state index contributed by atoms with van der Waals surface area (Å²) < 4.78 is 1.90. The molecule has 19 heavy (non-hydrogen) atoms. The molecule has 1 fully saturated rings. The summed E-state index contributed by atoms with van der Waals surface area (Å²) in [6.07, 6.45) is 6.70. The van der Waals surface area contributed by atoms with Crippen molar-refractivity contribution in [3.05, 3.63) is 53.3 Å². The van der Waals surface area contributed by atoms with Crippen LogP contribution in [0.4, 0.5) is 0 Å². The summed E-state index contributed by atoms with van der Waals surface area (Å²) in [6, 6.07) is 9.23. The van der Waals surface area contributed by atoms with Gasteiger partial charge in [0.15, 0.2) is 0 Å². The van der Waals surface area contributed by atoms with E-state index in [4.69, 9.17) is 0 Å². The zero-order valence-electron chi connectivity index (χ0n) is 11.7. The first-order valence-corrected chi connectivity index (χ1v) is 7.01. The van der Waals surface area contributed by atoms with E-state index in [1.165, 1.54) is 36.1 Å². The fourth-order valence-electron chi connectivity index (χ4n) is 3.01. The van der Waals surface area contributed by atoms with Crippen LogP contribution in [0.3, 0.4) is 0 Å². The number of likely N-dealkylation sites (tertiary alicyclic amines) is 1. The predicted molar refractivity (Wildman–Crippen MR) is 76.8 cm³/mol. The zero-order valence-corrected chi connectivity index (χ0v) is 11.7. The highest BCUT2D eigenvalue weighted by Crippen LogP contribution is 2.33. The van der Waals surface area contributed by atoms with Crippen molar-refractivity contribution < 1.29 is 0 Å². The molecular formula is C16H21N3. The largest absolute Gasteiger partial charge is 0.292 e. The van der Waals surface area contributed by atoms with E-state index in [9.17, 15) is 0 Å². The van der Waals surface area contributed by atoms with Gasteiger partial charge in [0.1, 0.15) is 0 Å². The third-order valence-corrected chi connectivity index (χ3v) is 4.11. The molecule has 0 bridgehead atoms. The van der Waals surface area contributed by atoms with Crippen LogP contribution in [0.25, 0.3) is 0 Å². The normalized spacial score (nSPS) is 20.0. The Hall–Kier alpha value is -1.61. The standard InChI is InChI=1S/C16H21N3/c1-13-6-3-4-7-14(13)12-19-9-5-8-16(19)15-10-17-18(2)11-15/h3-4,6-7,10-11,16H,5,8-9,12H2,1-2H3/t16-/m0/s1. The third-order valence-electron chi connectivity index (χ3n) is 4.11. The van der Waals surface area contributed by atoms with E-state index in [-0.39, 0.29) is 0 Å². The van der Waals surface area contributed by atoms with Crippen LogP contribution in [0.1, 0.15) is 35.6 Å². The SMILES string of the molecule is Cc1ccccc1CN1CCC[C@H]1c1cnn(C)c1. The number of nitrogens with zero attached hydrogens (tertiary/aromatic N) is 3. The lowest BCUT2D eigenvalue weighted by Gasteiger charge is -2.24. The van der Waals surface area contributed by atoms with E-state index < -0.39 is 0 Å². The molecule has 1 aliphatic heterocycles. The second-order valence-electron chi connectivity index (χ2n) is 5.50. The number of aromatic nitrogens is 2. The Kier molecular flexibility index (Phi) is 3.38. The summed E-state index contributed by atoms with van der Waals surface area (Å²) in [4.78, 5) is 2.58. The highest BCUT2D eigenvalue weighted by atomic mass is 15.3. The van der Waals surface area contributed by atoms with Crippen LogP contribution in [0.15, 0.2) is 36.7 Å². The van der Waals surface area contributed by atoms with Gasteiger partial charge in [0.2, 0.25) is 0 Å². The van der Waals surface area contributed by atoms with Gasteiger partial charge in [0.25, 0.3) is 0 Å². The molecular weight excluding hydrogens is 234 g/mol. The fourth-order valence-corrected chi connectivity index (χ4v) is 3.01. The van der Waals surface area contributed by atoms with Crippen LogP contribution >= 0.6 is 0 Å². The molecule has 1 aromatic heterocycles. The minimum atomic E-state index is 0.535. The maximum absolute atomic E-state index is 4.31. The number of hydrogen-bond acceptors (Lipinski definition) is 2. The Bertz CT molecular complexity index is 559. The van der Waals surface area contributed by atoms with Gasteiger partial charge in [-0.15, -0.1) is 0 Å². The molecule has 3 nitrogen and oxygen atoms in total. The second kappa shape index (κ2) is 5.17. The highest BCUT2D eigenvalue weighted by molar-refractivity contribution is 5.26. The molecule has 0 spiro atoms. The lowest BCUT2D eigenvalue weighted by Crippen LogP contribution is -2.22. The van der Waals surface area contributed by atoms with Crippen molar-refractivity contribution in [2.24, 2.45) is 7.05 Å². The molecule has 1 aromatic carbocycles. The first-order chi connectivity index (χ1) is 9.24. The van der Waals surface area contributed by atoms with Gasteiger partial charge in [-0.05, 0) is 37.4 Å². The lowest BCUT2D eigenvalue weighted by molar-refractivity contribution is 0.248. The molecule has 1 saturated heterocycles. The molecule has 1 aliphatic rings. The van der Waals surface area contributed by atoms with Crippen molar-refractivity contribution in [1.29, 1.82) is 0 Å². The zero-order chi connectivity index (χ0) is 13.2. The maximum Gasteiger partial charge on any atom is 0.0537 e. The number of rotatable bonds is 3. The van der Waals surface area contributed by atoms with Crippen molar-refractivity contribution in [2.45, 2.75) is 32.4 Å². The maximum atomic E-state index is 4.31. The first kappa shape index (κ1) is 12.4. The van der Waals surface area contributed by atoms with E-state index in [1.807, 2.05) is 17.9 Å². The number of hydrogen-bond donors (Lipinski definition) is 0. The topological polar surface area (TPSA) is 21.1 Å². The summed E-state index contributed by atoms with van der Waals surface area (Å²) in [6.45, 7) is 4.44. The molecule has 100 valence electrons. The van der Waals surface area contributed by atoms with E-state index in [2.05, 4.69) is 47.4 Å². The Balaban J connectivity index is 1.79. The molecule has 3 heteroatoms. The van der Waals surface area contributed by atoms with E-state index >= 15 is 0 Å². The van der Waals surface area contributed by atoms with Crippen molar-refractivity contribution in [3.8, 4) is 0 Å². The summed E-state index contributed by atoms with van der Waals surface area (Å²) in [7, 11) is 1.99. The van der Waals surface area contributed by atoms with E-state index in [1.54, 1.807) is 0 Å². The summed E-state index contributed by atoms with van der Waals surface area (Å²) in [5.41, 5.74) is 4.19. The van der Waals surface area contributed by atoms with Gasteiger partial charge in [0, 0.05) is 31.4 Å². The smallest absolute Gasteiger partial charge is 0.0537 e. The summed E-state index contributed by atoms with van der Waals surface area (Å²) in [5.74, 6) is 0. The molecule has 3 rings (SSSR count). The Morgan fingerprint density at radius 1 is 1.32 bits per heavy atom. The van der Waals surface area contributed by atoms with Crippen LogP contribution in [0, 0.1) is 6.92 Å². The van der Waals surface area contributed by atoms with Crippen molar-refractivity contribution in [3.63, 3.8) is 0 Å². The quantitative estimate of drug-likeness (QED) is 0.840. The van der Waals surface area contributed by atoms with Crippen LogP contribution < -0.4 is 0 Å². The molecule has 0 amide bonds. The minimum absolute atomic E-state index is 0.535. The van der Waals surface area contributed by atoms with E-state index in [0.717, 1.165) is 6.54 Å². The van der Waals surface area contributed by atoms with Gasteiger partial charge in [-0.2, -0.15) is 5.10 Å². The molecule has 0 unspecified atom stereocenters. The fraction of sp³-hybridized carbons (Fsp3) is 0.438. The average Bonchev–Trinajstić information content (AvgIpc) is 3.01. The lowest BCUT2D eigenvalue weighted by atomic mass is 10.1. The van der Waals surface area contributed by atoms with E-state index in [0.29, 0.717) is 6.04 Å². The monoisotopic (exact) mass is 255 g/mol. The van der Waals surface area contributed by atoms with Gasteiger partial charge in [-0.25, -0.2) is 0 Å². The van der Waals surface area contributed by atoms with Gasteiger partial charge < -0.3 is 0 Å². The van der Waals surface area contributed by atoms with Crippen LogP contribution in [0.5, 0.6) is 0 Å². The number of benzene rings is 1. The number of aryl methyl sites for hydroxylation is 2. The van der Waals surface area contributed by atoms with Gasteiger partial charge in [-0.1, -0.05) is 24.3 Å². The molecule has 2 heterocycles. The van der Waals surface area contributed by atoms with Crippen molar-refractivity contribution in [2.75, 3.05) is 6.54 Å². The molecule has 0 N–H and O–H groups in total. The Labute approximate surface area is 114 Å². The molecule has 1 atom stereocenters. The highest BCUT2D eigenvalue weighted by Gasteiger charge is 2.27. The predicted octanol–water partition coefficient (Wildman–Crippen LogP) is 3.07. The first-order valence-electron chi connectivity index (χ1n) is 7.01. The molecule has 2 aromatic rings. The second-order valence-corrected chi connectivity index (χ2v) is 5.50. The molecule has 0 saturated carbocycles. The van der Waals surface area contributed by atoms with Crippen LogP contribution in [0.2, 0.25) is 0 Å². The Morgan fingerprint density at radius 3 is 2.89 bits per heavy atom. The van der Waals surface area contributed by atoms with Crippen molar-refractivity contribution >= 4 is 0 Å².